The molecule has 1 aromatic rings. The SMILES string of the molecule is Cc1cc(CO)cc(S(=O)(=O)NCC2CCCC2C)c1Br. The van der Waals surface area contributed by atoms with Gasteiger partial charge in [0.25, 0.3) is 0 Å². The van der Waals surface area contributed by atoms with Gasteiger partial charge in [0.2, 0.25) is 10.0 Å². The maximum Gasteiger partial charge on any atom is 0.241 e. The Hall–Kier alpha value is -0.430. The molecule has 0 radical (unpaired) electrons. The molecule has 0 heterocycles. The van der Waals surface area contributed by atoms with Gasteiger partial charge in [0.05, 0.1) is 11.5 Å². The van der Waals surface area contributed by atoms with E-state index in [1.807, 2.05) is 6.92 Å². The van der Waals surface area contributed by atoms with Gasteiger partial charge < -0.3 is 5.11 Å². The molecule has 0 bridgehead atoms. The van der Waals surface area contributed by atoms with Crippen molar-refractivity contribution in [3.05, 3.63) is 27.7 Å². The first-order valence-corrected chi connectivity index (χ1v) is 9.52. The van der Waals surface area contributed by atoms with Crippen molar-refractivity contribution in [2.45, 2.75) is 44.6 Å². The van der Waals surface area contributed by atoms with E-state index in [1.54, 1.807) is 6.07 Å². The second kappa shape index (κ2) is 6.77. The van der Waals surface area contributed by atoms with Gasteiger partial charge in [-0.1, -0.05) is 25.8 Å². The van der Waals surface area contributed by atoms with Crippen molar-refractivity contribution in [3.8, 4) is 0 Å². The van der Waals surface area contributed by atoms with Gasteiger partial charge in [-0.15, -0.1) is 0 Å². The van der Waals surface area contributed by atoms with Crippen LogP contribution in [0.5, 0.6) is 0 Å². The van der Waals surface area contributed by atoms with E-state index < -0.39 is 10.0 Å². The first-order chi connectivity index (χ1) is 9.85. The van der Waals surface area contributed by atoms with E-state index in [4.69, 9.17) is 0 Å². The molecule has 2 rings (SSSR count). The van der Waals surface area contributed by atoms with E-state index in [9.17, 15) is 13.5 Å². The predicted molar refractivity (Wildman–Crippen MR) is 86.5 cm³/mol. The smallest absolute Gasteiger partial charge is 0.241 e. The highest BCUT2D eigenvalue weighted by atomic mass is 79.9. The Labute approximate surface area is 135 Å². The monoisotopic (exact) mass is 375 g/mol. The topological polar surface area (TPSA) is 66.4 Å². The minimum absolute atomic E-state index is 0.170. The fourth-order valence-electron chi connectivity index (χ4n) is 2.92. The highest BCUT2D eigenvalue weighted by Gasteiger charge is 2.26. The van der Waals surface area contributed by atoms with Crippen molar-refractivity contribution in [2.24, 2.45) is 11.8 Å². The van der Waals surface area contributed by atoms with Crippen LogP contribution >= 0.6 is 15.9 Å². The van der Waals surface area contributed by atoms with Crippen LogP contribution < -0.4 is 4.72 Å². The van der Waals surface area contributed by atoms with E-state index in [0.717, 1.165) is 12.0 Å². The average molecular weight is 376 g/mol. The molecule has 1 fully saturated rings. The fraction of sp³-hybridized carbons (Fsp3) is 0.600. The van der Waals surface area contributed by atoms with E-state index in [1.165, 1.54) is 18.9 Å². The molecular weight excluding hydrogens is 354 g/mol. The number of hydrogen-bond acceptors (Lipinski definition) is 3. The van der Waals surface area contributed by atoms with E-state index in [0.29, 0.717) is 28.4 Å². The Bertz CT molecular complexity index is 616. The molecule has 0 amide bonds. The highest BCUT2D eigenvalue weighted by molar-refractivity contribution is 9.10. The summed E-state index contributed by atoms with van der Waals surface area (Å²) < 4.78 is 28.3. The molecule has 2 atom stereocenters. The molecule has 0 saturated heterocycles. The number of nitrogens with one attached hydrogen (secondary N) is 1. The van der Waals surface area contributed by atoms with Gasteiger partial charge >= 0.3 is 0 Å². The molecule has 4 nitrogen and oxygen atoms in total. The second-order valence-corrected chi connectivity index (χ2v) is 8.43. The minimum atomic E-state index is -3.56. The molecular formula is C15H22BrNO3S. The summed E-state index contributed by atoms with van der Waals surface area (Å²) in [5.41, 5.74) is 1.40. The van der Waals surface area contributed by atoms with Crippen LogP contribution in [0.4, 0.5) is 0 Å². The Balaban J connectivity index is 2.21. The van der Waals surface area contributed by atoms with Crippen molar-refractivity contribution in [3.63, 3.8) is 0 Å². The number of aryl methyl sites for hydroxylation is 1. The summed E-state index contributed by atoms with van der Waals surface area (Å²) in [6.45, 7) is 4.31. The molecule has 118 valence electrons. The van der Waals surface area contributed by atoms with Crippen LogP contribution in [0, 0.1) is 18.8 Å². The molecule has 1 aliphatic rings. The molecule has 1 saturated carbocycles. The number of benzene rings is 1. The third-order valence-electron chi connectivity index (χ3n) is 4.33. The normalized spacial score (nSPS) is 22.7. The van der Waals surface area contributed by atoms with Crippen LogP contribution in [0.15, 0.2) is 21.5 Å². The van der Waals surface area contributed by atoms with Gasteiger partial charge in [-0.3, -0.25) is 0 Å². The zero-order chi connectivity index (χ0) is 15.6. The summed E-state index contributed by atoms with van der Waals surface area (Å²) in [5, 5.41) is 9.25. The number of hydrogen-bond donors (Lipinski definition) is 2. The maximum atomic E-state index is 12.5. The molecule has 6 heteroatoms. The average Bonchev–Trinajstić information content (AvgIpc) is 2.84. The molecule has 0 spiro atoms. The lowest BCUT2D eigenvalue weighted by Crippen LogP contribution is -2.30. The summed E-state index contributed by atoms with van der Waals surface area (Å²) in [6.07, 6.45) is 3.44. The highest BCUT2D eigenvalue weighted by Crippen LogP contribution is 2.31. The third kappa shape index (κ3) is 3.86. The summed E-state index contributed by atoms with van der Waals surface area (Å²) in [6, 6.07) is 3.31. The summed E-state index contributed by atoms with van der Waals surface area (Å²) in [4.78, 5) is 0.206. The standard InChI is InChI=1S/C15H22BrNO3S/c1-10-4-3-5-13(10)8-17-21(19,20)14-7-12(9-18)6-11(2)15(14)16/h6-7,10,13,17-18H,3-5,8-9H2,1-2H3. The second-order valence-electron chi connectivity index (χ2n) is 5.90. The Kier molecular flexibility index (Phi) is 5.46. The molecule has 21 heavy (non-hydrogen) atoms. The first kappa shape index (κ1) is 16.9. The Morgan fingerprint density at radius 1 is 1.38 bits per heavy atom. The van der Waals surface area contributed by atoms with Gasteiger partial charge in [0.1, 0.15) is 0 Å². The molecule has 0 aliphatic heterocycles. The number of halogens is 1. The minimum Gasteiger partial charge on any atom is -0.392 e. The van der Waals surface area contributed by atoms with Gasteiger partial charge in [-0.2, -0.15) is 0 Å². The quantitative estimate of drug-likeness (QED) is 0.831. The third-order valence-corrected chi connectivity index (χ3v) is 7.09. The van der Waals surface area contributed by atoms with Gasteiger partial charge in [-0.25, -0.2) is 13.1 Å². The van der Waals surface area contributed by atoms with Crippen molar-refractivity contribution >= 4 is 26.0 Å². The van der Waals surface area contributed by atoms with Gasteiger partial charge in [0, 0.05) is 11.0 Å². The maximum absolute atomic E-state index is 12.5. The zero-order valence-electron chi connectivity index (χ0n) is 12.4. The van der Waals surface area contributed by atoms with Crippen LogP contribution in [0.1, 0.15) is 37.3 Å². The number of sulfonamides is 1. The molecule has 0 aromatic heterocycles. The first-order valence-electron chi connectivity index (χ1n) is 7.24. The van der Waals surface area contributed by atoms with Gasteiger partial charge in [-0.05, 0) is 58.3 Å². The van der Waals surface area contributed by atoms with E-state index in [-0.39, 0.29) is 11.5 Å². The lowest BCUT2D eigenvalue weighted by molar-refractivity contribution is 0.281. The van der Waals surface area contributed by atoms with Crippen molar-refractivity contribution in [1.29, 1.82) is 0 Å². The summed E-state index contributed by atoms with van der Waals surface area (Å²) >= 11 is 3.34. The van der Waals surface area contributed by atoms with Crippen LogP contribution in [0.25, 0.3) is 0 Å². The molecule has 2 N–H and O–H groups in total. The van der Waals surface area contributed by atoms with E-state index >= 15 is 0 Å². The van der Waals surface area contributed by atoms with Crippen LogP contribution in [-0.4, -0.2) is 20.1 Å². The van der Waals surface area contributed by atoms with E-state index in [2.05, 4.69) is 27.6 Å². The zero-order valence-corrected chi connectivity index (χ0v) is 14.8. The number of aliphatic hydroxyl groups is 1. The molecule has 1 aliphatic carbocycles. The van der Waals surface area contributed by atoms with Crippen molar-refractivity contribution < 1.29 is 13.5 Å². The summed E-state index contributed by atoms with van der Waals surface area (Å²) in [7, 11) is -3.56. The lowest BCUT2D eigenvalue weighted by Gasteiger charge is -2.17. The fourth-order valence-corrected chi connectivity index (χ4v) is 5.08. The summed E-state index contributed by atoms with van der Waals surface area (Å²) in [5.74, 6) is 0.988. The molecule has 2 unspecified atom stereocenters. The van der Waals surface area contributed by atoms with Crippen LogP contribution in [0.2, 0.25) is 0 Å². The van der Waals surface area contributed by atoms with Crippen LogP contribution in [0.3, 0.4) is 0 Å². The predicted octanol–water partition coefficient (Wildman–Crippen LogP) is 2.96. The Morgan fingerprint density at radius 2 is 2.10 bits per heavy atom. The van der Waals surface area contributed by atoms with Gasteiger partial charge in [0.15, 0.2) is 0 Å². The largest absolute Gasteiger partial charge is 0.392 e. The molecule has 1 aromatic carbocycles. The van der Waals surface area contributed by atoms with Crippen molar-refractivity contribution in [2.75, 3.05) is 6.54 Å². The number of aliphatic hydroxyl groups excluding tert-OH is 1. The van der Waals surface area contributed by atoms with Crippen molar-refractivity contribution in [1.82, 2.24) is 4.72 Å². The lowest BCUT2D eigenvalue weighted by atomic mass is 9.99. The Morgan fingerprint density at radius 3 is 2.67 bits per heavy atom. The van der Waals surface area contributed by atoms with Crippen LogP contribution in [-0.2, 0) is 16.6 Å². The number of rotatable bonds is 5.